The van der Waals surface area contributed by atoms with Crippen LogP contribution >= 0.6 is 0 Å². The van der Waals surface area contributed by atoms with E-state index in [2.05, 4.69) is 48.9 Å². The second-order valence-corrected chi connectivity index (χ2v) is 34.4. The summed E-state index contributed by atoms with van der Waals surface area (Å²) in [7, 11) is 4.72. The summed E-state index contributed by atoms with van der Waals surface area (Å²) in [4.78, 5) is 154. The number of nitrogens with one attached hydrogen (secondary N) is 3. The van der Waals surface area contributed by atoms with E-state index >= 15 is 0 Å². The summed E-state index contributed by atoms with van der Waals surface area (Å²) >= 11 is 0. The number of ether oxygens (including phenoxy) is 6. The van der Waals surface area contributed by atoms with Gasteiger partial charge in [-0.05, 0) is 268 Å². The highest BCUT2D eigenvalue weighted by atomic mass is 16.5. The lowest BCUT2D eigenvalue weighted by atomic mass is 9.84. The van der Waals surface area contributed by atoms with Crippen LogP contribution in [0.15, 0.2) is 322 Å². The van der Waals surface area contributed by atoms with Gasteiger partial charge in [0.15, 0.2) is 0 Å². The van der Waals surface area contributed by atoms with Crippen LogP contribution in [0.3, 0.4) is 0 Å². The zero-order valence-electron chi connectivity index (χ0n) is 78.3. The standard InChI is InChI=1S/C39H34N2O7.C38H38N2O7.C36H36N2O7/c1-47-34-19-9-29(10-20-34)24-36(42)40-33-17-15-31(16-18-33)38(45)41(26-37(43)44)25-30-11-21-35(22-12-30)48-39(46)32-13-7-28(8-14-32)23-27-5-3-2-4-6-27;1-46-33-19-7-26(8-20-33)23-35(41)39-32-17-15-30(16-18-32)37(44)40(25-36(42)43)24-27-9-21-34(22-10-27)47-38(45)31-13-11-29(12-14-31)28-5-3-2-4-6-28;1-36(2,3)28-13-9-27(10-14-28)35(43)45-31-19-7-25(8-20-31)22-38(23-33(40)41)34(42)26-11-15-29(16-12-26)37-32(39)21-24-5-17-30(44-4)18-6-24/h2-22H,23-26H2,1H3,(H,40,42)(H,43,44);7-22,28H,2-6,23-25H2,1H3,(H,39,41)(H,42,43);5-20H,21-23H2,1-4H3,(H,37,39)(H,40,41). The second-order valence-electron chi connectivity index (χ2n) is 34.4. The average molecular weight is 1890 g/mol. The zero-order valence-corrected chi connectivity index (χ0v) is 78.3. The van der Waals surface area contributed by atoms with Crippen molar-refractivity contribution >= 4 is 88.3 Å². The molecule has 1 aliphatic rings. The van der Waals surface area contributed by atoms with E-state index in [0.717, 1.165) is 34.2 Å². The molecule has 13 aromatic rings. The predicted octanol–water partition coefficient (Wildman–Crippen LogP) is 19.4. The first-order valence-corrected chi connectivity index (χ1v) is 45.3. The molecule has 0 aliphatic heterocycles. The van der Waals surface area contributed by atoms with Gasteiger partial charge in [0.05, 0.1) is 57.3 Å². The molecular weight excluding hydrogens is 1780 g/mol. The summed E-state index contributed by atoms with van der Waals surface area (Å²) in [6.45, 7) is 4.81. The lowest BCUT2D eigenvalue weighted by Gasteiger charge is -2.22. The number of esters is 3. The number of carbonyl (C=O) groups is 12. The molecule has 0 saturated heterocycles. The maximum Gasteiger partial charge on any atom is 0.343 e. The summed E-state index contributed by atoms with van der Waals surface area (Å²) in [6.07, 6.45) is 7.40. The van der Waals surface area contributed by atoms with Gasteiger partial charge in [-0.1, -0.05) is 180 Å². The molecule has 1 saturated carbocycles. The highest BCUT2D eigenvalue weighted by Crippen LogP contribution is 2.34. The van der Waals surface area contributed by atoms with Crippen LogP contribution in [0, 0.1) is 0 Å². The molecule has 0 atom stereocenters. The topological polar surface area (TPSA) is 367 Å². The number of rotatable bonds is 36. The number of anilines is 3. The van der Waals surface area contributed by atoms with E-state index in [9.17, 15) is 72.9 Å². The van der Waals surface area contributed by atoms with Crippen molar-refractivity contribution in [3.8, 4) is 34.5 Å². The van der Waals surface area contributed by atoms with Gasteiger partial charge in [-0.15, -0.1) is 0 Å². The summed E-state index contributed by atoms with van der Waals surface area (Å²) in [5.41, 5.74) is 12.7. The Kier molecular flexibility index (Phi) is 36.3. The third kappa shape index (κ3) is 31.5. The van der Waals surface area contributed by atoms with Crippen LogP contribution in [0.4, 0.5) is 17.1 Å². The van der Waals surface area contributed by atoms with Crippen molar-refractivity contribution in [1.82, 2.24) is 14.7 Å². The van der Waals surface area contributed by atoms with Gasteiger partial charge >= 0.3 is 35.8 Å². The van der Waals surface area contributed by atoms with Crippen LogP contribution < -0.4 is 44.4 Å². The minimum Gasteiger partial charge on any atom is -0.497 e. The lowest BCUT2D eigenvalue weighted by molar-refractivity contribution is -0.138. The molecule has 6 amide bonds. The van der Waals surface area contributed by atoms with Crippen LogP contribution in [0.5, 0.6) is 34.5 Å². The van der Waals surface area contributed by atoms with E-state index < -0.39 is 73.2 Å². The van der Waals surface area contributed by atoms with E-state index in [-0.39, 0.29) is 78.7 Å². The van der Waals surface area contributed by atoms with E-state index in [1.165, 1.54) is 82.2 Å². The van der Waals surface area contributed by atoms with Gasteiger partial charge < -0.3 is 74.4 Å². The predicted molar refractivity (Wildman–Crippen MR) is 530 cm³/mol. The first kappa shape index (κ1) is 102. The average Bonchev–Trinajstić information content (AvgIpc) is 0.836. The van der Waals surface area contributed by atoms with Gasteiger partial charge in [-0.25, -0.2) is 14.4 Å². The Balaban J connectivity index is 0.000000188. The highest BCUT2D eigenvalue weighted by molar-refractivity contribution is 6.01. The Labute approximate surface area is 811 Å². The highest BCUT2D eigenvalue weighted by Gasteiger charge is 2.26. The molecular formula is C113H108N6O21. The van der Waals surface area contributed by atoms with E-state index in [1.54, 1.807) is 215 Å². The summed E-state index contributed by atoms with van der Waals surface area (Å²) in [6, 6.07) is 92.3. The Morgan fingerprint density at radius 3 is 0.836 bits per heavy atom. The van der Waals surface area contributed by atoms with Crippen molar-refractivity contribution in [3.05, 3.63) is 411 Å². The number of benzene rings is 13. The van der Waals surface area contributed by atoms with E-state index in [0.29, 0.717) is 90.9 Å². The fourth-order valence-corrected chi connectivity index (χ4v) is 15.3. The molecule has 0 radical (unpaired) electrons. The minimum atomic E-state index is -1.16. The molecule has 0 heterocycles. The molecule has 1 aliphatic carbocycles. The molecule has 13 aromatic carbocycles. The fraction of sp³-hybridized carbons (Fsp3) is 0.204. The monoisotopic (exact) mass is 1880 g/mol. The number of hydrogen-bond acceptors (Lipinski definition) is 18. The fourth-order valence-electron chi connectivity index (χ4n) is 15.3. The summed E-state index contributed by atoms with van der Waals surface area (Å²) < 4.78 is 32.0. The Morgan fingerprint density at radius 1 is 0.293 bits per heavy atom. The first-order valence-electron chi connectivity index (χ1n) is 45.3. The van der Waals surface area contributed by atoms with Crippen molar-refractivity contribution < 1.29 is 101 Å². The van der Waals surface area contributed by atoms with Gasteiger partial charge in [0.2, 0.25) is 17.7 Å². The molecule has 14 rings (SSSR count). The van der Waals surface area contributed by atoms with Crippen molar-refractivity contribution in [3.63, 3.8) is 0 Å². The Bertz CT molecular complexity index is 6420. The number of nitrogens with zero attached hydrogens (tertiary/aromatic N) is 3. The number of hydrogen-bond donors (Lipinski definition) is 6. The molecule has 0 aromatic heterocycles. The van der Waals surface area contributed by atoms with E-state index in [1.807, 2.05) is 91.0 Å². The quantitative estimate of drug-likeness (QED) is 0.0157. The number of amides is 6. The molecule has 0 bridgehead atoms. The normalized spacial score (nSPS) is 11.5. The number of carbonyl (C=O) groups excluding carboxylic acids is 9. The smallest absolute Gasteiger partial charge is 0.343 e. The molecule has 1 fully saturated rings. The van der Waals surface area contributed by atoms with Crippen LogP contribution in [-0.4, -0.2) is 142 Å². The Morgan fingerprint density at radius 2 is 0.550 bits per heavy atom. The van der Waals surface area contributed by atoms with Crippen LogP contribution in [0.1, 0.15) is 177 Å². The first-order chi connectivity index (χ1) is 67.4. The number of methoxy groups -OCH3 is 3. The van der Waals surface area contributed by atoms with Gasteiger partial charge in [-0.2, -0.15) is 0 Å². The Hall–Kier alpha value is -17.1. The van der Waals surface area contributed by atoms with E-state index in [4.69, 9.17) is 28.4 Å². The van der Waals surface area contributed by atoms with Crippen molar-refractivity contribution in [2.75, 3.05) is 56.9 Å². The summed E-state index contributed by atoms with van der Waals surface area (Å²) in [5.74, 6) is -3.40. The van der Waals surface area contributed by atoms with Gasteiger partial charge in [-0.3, -0.25) is 43.2 Å². The molecule has 0 spiro atoms. The molecule has 6 N–H and O–H groups in total. The SMILES string of the molecule is COc1ccc(CC(=O)Nc2ccc(C(=O)N(CC(=O)O)Cc3ccc(OC(=O)c4ccc(C(C)(C)C)cc4)cc3)cc2)cc1.COc1ccc(CC(=O)Nc2ccc(C(=O)N(CC(=O)O)Cc3ccc(OC(=O)c4ccc(C5CCCCC5)cc4)cc3)cc2)cc1.COc1ccc(CC(=O)Nc2ccc(C(=O)N(CC(=O)O)Cc3ccc(OC(=O)c4ccc(Cc5ccccc5)cc4)cc3)cc2)cc1. The van der Waals surface area contributed by atoms with Gasteiger partial charge in [0.1, 0.15) is 54.1 Å². The molecule has 0 unspecified atom stereocenters. The molecule has 27 heteroatoms. The second kappa shape index (κ2) is 49.9. The lowest BCUT2D eigenvalue weighted by Crippen LogP contribution is -2.35. The number of carboxylic acid groups (broad SMARTS) is 3. The molecule has 716 valence electrons. The number of aliphatic carboxylic acids is 3. The van der Waals surface area contributed by atoms with Crippen molar-refractivity contribution in [2.24, 2.45) is 0 Å². The molecule has 140 heavy (non-hydrogen) atoms. The zero-order chi connectivity index (χ0) is 99.6. The maximum absolute atomic E-state index is 13.3. The maximum atomic E-state index is 13.3. The van der Waals surface area contributed by atoms with Gasteiger partial charge in [0, 0.05) is 53.4 Å². The van der Waals surface area contributed by atoms with Crippen LogP contribution in [0.25, 0.3) is 0 Å². The van der Waals surface area contributed by atoms with Gasteiger partial charge in [0.25, 0.3) is 17.7 Å². The minimum absolute atomic E-state index is 0.0165. The van der Waals surface area contributed by atoms with Crippen molar-refractivity contribution in [2.45, 2.75) is 110 Å². The summed E-state index contributed by atoms with van der Waals surface area (Å²) in [5, 5.41) is 36.8. The van der Waals surface area contributed by atoms with Crippen molar-refractivity contribution in [1.29, 1.82) is 0 Å². The largest absolute Gasteiger partial charge is 0.497 e. The third-order valence-electron chi connectivity index (χ3n) is 22.8. The molecule has 27 nitrogen and oxygen atoms in total. The number of carboxylic acids is 3. The van der Waals surface area contributed by atoms with Crippen LogP contribution in [0.2, 0.25) is 0 Å². The van der Waals surface area contributed by atoms with Crippen LogP contribution in [-0.2, 0) is 79.5 Å². The third-order valence-corrected chi connectivity index (χ3v) is 22.8.